The first-order chi connectivity index (χ1) is 27.0. The summed E-state index contributed by atoms with van der Waals surface area (Å²) in [5, 5.41) is 0. The van der Waals surface area contributed by atoms with Crippen LogP contribution in [0.2, 0.25) is 0 Å². The Morgan fingerprint density at radius 3 is 1.48 bits per heavy atom. The molecular formula is C46H86NO8P. The van der Waals surface area contributed by atoms with E-state index in [1.54, 1.807) is 0 Å². The van der Waals surface area contributed by atoms with E-state index >= 15 is 0 Å². The molecule has 0 saturated heterocycles. The zero-order valence-corrected chi connectivity index (χ0v) is 37.7. The summed E-state index contributed by atoms with van der Waals surface area (Å²) in [7, 11) is 1.14. The lowest BCUT2D eigenvalue weighted by Crippen LogP contribution is -2.37. The van der Waals surface area contributed by atoms with Crippen molar-refractivity contribution < 1.29 is 42.1 Å². The van der Waals surface area contributed by atoms with E-state index in [2.05, 4.69) is 50.3 Å². The van der Waals surface area contributed by atoms with E-state index in [0.29, 0.717) is 23.9 Å². The topological polar surface area (TPSA) is 111 Å². The standard InChI is InChI=1S/C46H86NO8P/c1-6-8-10-12-14-16-18-20-22-23-25-26-28-30-32-34-36-38-45(48)52-42-44(43-54-56(50,51)53-41-40-47(3,4)5)55-46(49)39-37-35-33-31-29-27-24-21-19-17-15-13-11-9-7-2/h20,22,25-26,30,32,44H,6-19,21,23-24,27-29,31,33-43H2,1-5H3/b22-20-,26-25-,32-30-/t44-/m1/s1. The average Bonchev–Trinajstić information content (AvgIpc) is 3.15. The summed E-state index contributed by atoms with van der Waals surface area (Å²) in [4.78, 5) is 37.5. The summed E-state index contributed by atoms with van der Waals surface area (Å²) in [5.74, 6) is -0.890. The molecule has 0 aromatic heterocycles. The number of ether oxygens (including phenoxy) is 2. The van der Waals surface area contributed by atoms with Crippen LogP contribution in [0, 0.1) is 0 Å². The number of carbonyl (C=O) groups excluding carboxylic acids is 2. The molecule has 0 bridgehead atoms. The van der Waals surface area contributed by atoms with E-state index in [1.807, 2.05) is 21.1 Å². The third-order valence-corrected chi connectivity index (χ3v) is 10.6. The fourth-order valence-electron chi connectivity index (χ4n) is 6.08. The van der Waals surface area contributed by atoms with Gasteiger partial charge in [-0.15, -0.1) is 0 Å². The highest BCUT2D eigenvalue weighted by molar-refractivity contribution is 7.45. The fraction of sp³-hybridized carbons (Fsp3) is 0.826. The minimum atomic E-state index is -4.63. The maximum Gasteiger partial charge on any atom is 0.306 e. The van der Waals surface area contributed by atoms with Crippen molar-refractivity contribution >= 4 is 19.8 Å². The number of unbranched alkanes of at least 4 members (excludes halogenated alkanes) is 21. The molecule has 0 radical (unpaired) electrons. The molecule has 0 aliphatic rings. The highest BCUT2D eigenvalue weighted by Gasteiger charge is 2.21. The molecule has 0 spiro atoms. The Hall–Kier alpha value is -1.77. The van der Waals surface area contributed by atoms with Crippen LogP contribution in [0.15, 0.2) is 36.5 Å². The molecule has 0 aromatic carbocycles. The average molecular weight is 812 g/mol. The van der Waals surface area contributed by atoms with Gasteiger partial charge in [0.25, 0.3) is 7.82 Å². The van der Waals surface area contributed by atoms with Gasteiger partial charge in [-0.3, -0.25) is 14.2 Å². The third-order valence-electron chi connectivity index (χ3n) is 9.66. The summed E-state index contributed by atoms with van der Waals surface area (Å²) in [5.41, 5.74) is 0. The van der Waals surface area contributed by atoms with Crippen molar-refractivity contribution in [2.24, 2.45) is 0 Å². The lowest BCUT2D eigenvalue weighted by atomic mass is 10.0. The van der Waals surface area contributed by atoms with Crippen molar-refractivity contribution in [3.8, 4) is 0 Å². The molecule has 0 amide bonds. The normalized spacial score (nSPS) is 13.9. The van der Waals surface area contributed by atoms with Gasteiger partial charge in [0.2, 0.25) is 0 Å². The Morgan fingerprint density at radius 1 is 0.554 bits per heavy atom. The minimum absolute atomic E-state index is 0.0374. The van der Waals surface area contributed by atoms with Gasteiger partial charge in [-0.05, 0) is 44.9 Å². The van der Waals surface area contributed by atoms with Crippen LogP contribution in [-0.2, 0) is 32.7 Å². The van der Waals surface area contributed by atoms with E-state index in [4.69, 9.17) is 18.5 Å². The first-order valence-electron chi connectivity index (χ1n) is 22.7. The van der Waals surface area contributed by atoms with Gasteiger partial charge in [0.1, 0.15) is 19.8 Å². The Balaban J connectivity index is 4.41. The van der Waals surface area contributed by atoms with Gasteiger partial charge in [-0.1, -0.05) is 172 Å². The lowest BCUT2D eigenvalue weighted by molar-refractivity contribution is -0.870. The third kappa shape index (κ3) is 41.9. The maximum absolute atomic E-state index is 12.7. The van der Waals surface area contributed by atoms with Gasteiger partial charge < -0.3 is 27.9 Å². The first kappa shape index (κ1) is 54.2. The quantitative estimate of drug-likeness (QED) is 0.0197. The van der Waals surface area contributed by atoms with Crippen LogP contribution >= 0.6 is 7.82 Å². The van der Waals surface area contributed by atoms with Crippen molar-refractivity contribution in [2.45, 2.75) is 200 Å². The summed E-state index contributed by atoms with van der Waals surface area (Å²) in [6.45, 7) is 4.17. The second-order valence-corrected chi connectivity index (χ2v) is 17.8. The van der Waals surface area contributed by atoms with Gasteiger partial charge in [0.05, 0.1) is 27.7 Å². The van der Waals surface area contributed by atoms with Crippen molar-refractivity contribution in [3.05, 3.63) is 36.5 Å². The summed E-state index contributed by atoms with van der Waals surface area (Å²) >= 11 is 0. The Kier molecular flexibility index (Phi) is 37.5. The monoisotopic (exact) mass is 812 g/mol. The SMILES string of the molecule is CCCCCCCC/C=C\C/C=C\C/C=C\CCCC(=O)OC[C@H](COP(=O)([O-])OCC[N+](C)(C)C)OC(=O)CCCCCCCCCCCCCCCCC. The first-order valence-corrected chi connectivity index (χ1v) is 24.2. The van der Waals surface area contributed by atoms with Gasteiger partial charge in [-0.25, -0.2) is 0 Å². The number of carbonyl (C=O) groups is 2. The highest BCUT2D eigenvalue weighted by atomic mass is 31.2. The lowest BCUT2D eigenvalue weighted by Gasteiger charge is -2.28. The van der Waals surface area contributed by atoms with E-state index < -0.39 is 32.5 Å². The highest BCUT2D eigenvalue weighted by Crippen LogP contribution is 2.38. The summed E-state index contributed by atoms with van der Waals surface area (Å²) < 4.78 is 33.9. The van der Waals surface area contributed by atoms with Crippen LogP contribution in [0.4, 0.5) is 0 Å². The second-order valence-electron chi connectivity index (χ2n) is 16.4. The van der Waals surface area contributed by atoms with Crippen molar-refractivity contribution in [1.29, 1.82) is 0 Å². The number of quaternary nitrogens is 1. The summed E-state index contributed by atoms with van der Waals surface area (Å²) in [6.07, 6.45) is 43.2. The number of likely N-dealkylation sites (N-methyl/N-ethyl adjacent to an activating group) is 1. The minimum Gasteiger partial charge on any atom is -0.756 e. The molecule has 0 N–H and O–H groups in total. The molecule has 56 heavy (non-hydrogen) atoms. The molecule has 0 rings (SSSR count). The fourth-order valence-corrected chi connectivity index (χ4v) is 6.81. The molecule has 1 unspecified atom stereocenters. The molecule has 2 atom stereocenters. The predicted octanol–water partition coefficient (Wildman–Crippen LogP) is 12.3. The number of hydrogen-bond acceptors (Lipinski definition) is 8. The van der Waals surface area contributed by atoms with E-state index in [0.717, 1.165) is 44.9 Å². The van der Waals surface area contributed by atoms with Gasteiger partial charge >= 0.3 is 11.9 Å². The molecule has 0 aromatic rings. The molecule has 9 nitrogen and oxygen atoms in total. The number of phosphoric ester groups is 1. The van der Waals surface area contributed by atoms with Crippen LogP contribution in [0.25, 0.3) is 0 Å². The van der Waals surface area contributed by atoms with Crippen LogP contribution in [-0.4, -0.2) is 70.0 Å². The van der Waals surface area contributed by atoms with Crippen molar-refractivity contribution in [1.82, 2.24) is 0 Å². The molecule has 0 fully saturated rings. The molecule has 0 aliphatic carbocycles. The van der Waals surface area contributed by atoms with Crippen LogP contribution in [0.1, 0.15) is 194 Å². The van der Waals surface area contributed by atoms with Crippen molar-refractivity contribution in [3.63, 3.8) is 0 Å². The number of nitrogens with zero attached hydrogens (tertiary/aromatic N) is 1. The predicted molar refractivity (Wildman–Crippen MR) is 231 cm³/mol. The number of allylic oxidation sites excluding steroid dienone is 6. The van der Waals surface area contributed by atoms with Crippen molar-refractivity contribution in [2.75, 3.05) is 47.5 Å². The van der Waals surface area contributed by atoms with Crippen LogP contribution < -0.4 is 4.89 Å². The van der Waals surface area contributed by atoms with E-state index in [-0.39, 0.29) is 26.1 Å². The molecule has 10 heteroatoms. The molecular weight excluding hydrogens is 725 g/mol. The Bertz CT molecular complexity index is 1050. The zero-order chi connectivity index (χ0) is 41.4. The van der Waals surface area contributed by atoms with E-state index in [9.17, 15) is 19.0 Å². The molecule has 0 aliphatic heterocycles. The number of rotatable bonds is 41. The van der Waals surface area contributed by atoms with Gasteiger partial charge in [0, 0.05) is 12.8 Å². The Labute approximate surface area is 344 Å². The smallest absolute Gasteiger partial charge is 0.306 e. The molecule has 0 saturated carbocycles. The summed E-state index contributed by atoms with van der Waals surface area (Å²) in [6, 6.07) is 0. The Morgan fingerprint density at radius 2 is 0.982 bits per heavy atom. The number of phosphoric acid groups is 1. The molecule has 328 valence electrons. The largest absolute Gasteiger partial charge is 0.756 e. The van der Waals surface area contributed by atoms with E-state index in [1.165, 1.54) is 109 Å². The number of esters is 2. The van der Waals surface area contributed by atoms with Crippen LogP contribution in [0.3, 0.4) is 0 Å². The van der Waals surface area contributed by atoms with Crippen LogP contribution in [0.5, 0.6) is 0 Å². The zero-order valence-electron chi connectivity index (χ0n) is 36.8. The second kappa shape index (κ2) is 38.7. The molecule has 0 heterocycles. The maximum atomic E-state index is 12.7. The van der Waals surface area contributed by atoms with Gasteiger partial charge in [0.15, 0.2) is 6.10 Å². The number of hydrogen-bond donors (Lipinski definition) is 0. The van der Waals surface area contributed by atoms with Gasteiger partial charge in [-0.2, -0.15) is 0 Å².